The highest BCUT2D eigenvalue weighted by molar-refractivity contribution is 9.10. The molecule has 22 heavy (non-hydrogen) atoms. The van der Waals surface area contributed by atoms with Gasteiger partial charge in [-0.05, 0) is 40.2 Å². The molecule has 0 spiro atoms. The molecule has 0 radical (unpaired) electrons. The van der Waals surface area contributed by atoms with Gasteiger partial charge in [-0.25, -0.2) is 10.9 Å². The third-order valence-electron chi connectivity index (χ3n) is 2.66. The van der Waals surface area contributed by atoms with E-state index < -0.39 is 11.8 Å². The lowest BCUT2D eigenvalue weighted by Crippen LogP contribution is -2.21. The summed E-state index contributed by atoms with van der Waals surface area (Å²) >= 11 is 3.31. The largest absolute Gasteiger partial charge is 0.288 e. The SMILES string of the molecule is O=C(NO)c1cccc(C(=O)N/N=C/c2ccncc2Br)c1. The molecular formula is C14H11BrN4O3. The van der Waals surface area contributed by atoms with Crippen LogP contribution in [0.25, 0.3) is 0 Å². The van der Waals surface area contributed by atoms with Gasteiger partial charge in [0.1, 0.15) is 0 Å². The second kappa shape index (κ2) is 7.43. The van der Waals surface area contributed by atoms with Crippen molar-refractivity contribution in [2.75, 3.05) is 0 Å². The van der Waals surface area contributed by atoms with E-state index in [-0.39, 0.29) is 11.1 Å². The maximum Gasteiger partial charge on any atom is 0.274 e. The molecule has 1 aromatic heterocycles. The van der Waals surface area contributed by atoms with Crippen LogP contribution in [0.5, 0.6) is 0 Å². The Kier molecular flexibility index (Phi) is 5.34. The summed E-state index contributed by atoms with van der Waals surface area (Å²) in [6.45, 7) is 0. The number of halogens is 1. The van der Waals surface area contributed by atoms with Crippen molar-refractivity contribution < 1.29 is 14.8 Å². The number of hydrazone groups is 1. The van der Waals surface area contributed by atoms with Crippen LogP contribution in [0.3, 0.4) is 0 Å². The fraction of sp³-hybridized carbons (Fsp3) is 0. The number of hydrogen-bond acceptors (Lipinski definition) is 5. The minimum absolute atomic E-state index is 0.163. The zero-order chi connectivity index (χ0) is 15.9. The Hall–Kier alpha value is -2.58. The lowest BCUT2D eigenvalue weighted by atomic mass is 10.1. The highest BCUT2D eigenvalue weighted by Gasteiger charge is 2.09. The molecule has 0 aliphatic rings. The number of benzene rings is 1. The quantitative estimate of drug-likeness (QED) is 0.437. The molecule has 2 aromatic rings. The van der Waals surface area contributed by atoms with Crippen LogP contribution >= 0.6 is 15.9 Å². The van der Waals surface area contributed by atoms with Crippen molar-refractivity contribution in [3.63, 3.8) is 0 Å². The average molecular weight is 363 g/mol. The van der Waals surface area contributed by atoms with Crippen molar-refractivity contribution in [2.24, 2.45) is 5.10 Å². The number of aromatic nitrogens is 1. The van der Waals surface area contributed by atoms with Crippen molar-refractivity contribution in [3.05, 3.63) is 63.9 Å². The molecule has 0 aliphatic heterocycles. The first-order valence-corrected chi connectivity index (χ1v) is 6.88. The Morgan fingerprint density at radius 1 is 1.23 bits per heavy atom. The maximum absolute atomic E-state index is 11.9. The van der Waals surface area contributed by atoms with Crippen LogP contribution in [0.15, 0.2) is 52.3 Å². The molecule has 2 rings (SSSR count). The summed E-state index contributed by atoms with van der Waals surface area (Å²) in [6, 6.07) is 7.61. The third-order valence-corrected chi connectivity index (χ3v) is 3.32. The first-order valence-electron chi connectivity index (χ1n) is 6.09. The van der Waals surface area contributed by atoms with Crippen LogP contribution in [0.2, 0.25) is 0 Å². The summed E-state index contributed by atoms with van der Waals surface area (Å²) < 4.78 is 0.745. The first kappa shape index (κ1) is 15.8. The second-order valence-corrected chi connectivity index (χ2v) is 4.97. The summed E-state index contributed by atoms with van der Waals surface area (Å²) in [4.78, 5) is 27.1. The highest BCUT2D eigenvalue weighted by Crippen LogP contribution is 2.11. The molecule has 0 saturated carbocycles. The van der Waals surface area contributed by atoms with E-state index in [9.17, 15) is 9.59 Å². The lowest BCUT2D eigenvalue weighted by molar-refractivity contribution is 0.0706. The van der Waals surface area contributed by atoms with Crippen molar-refractivity contribution in [2.45, 2.75) is 0 Å². The predicted octanol–water partition coefficient (Wildman–Crippen LogP) is 1.73. The molecule has 112 valence electrons. The van der Waals surface area contributed by atoms with Crippen LogP contribution in [0.1, 0.15) is 26.3 Å². The number of carbonyl (C=O) groups excluding carboxylic acids is 2. The number of rotatable bonds is 4. The van der Waals surface area contributed by atoms with Gasteiger partial charge in [-0.15, -0.1) is 0 Å². The Bertz CT molecular complexity index is 734. The van der Waals surface area contributed by atoms with E-state index in [1.165, 1.54) is 36.0 Å². The van der Waals surface area contributed by atoms with E-state index >= 15 is 0 Å². The van der Waals surface area contributed by atoms with Crippen molar-refractivity contribution >= 4 is 34.0 Å². The summed E-state index contributed by atoms with van der Waals surface area (Å²) in [5, 5.41) is 12.4. The number of carbonyl (C=O) groups is 2. The van der Waals surface area contributed by atoms with Crippen molar-refractivity contribution in [1.82, 2.24) is 15.9 Å². The molecule has 3 N–H and O–H groups in total. The van der Waals surface area contributed by atoms with Gasteiger partial charge in [-0.2, -0.15) is 5.10 Å². The van der Waals surface area contributed by atoms with Crippen LogP contribution < -0.4 is 10.9 Å². The second-order valence-electron chi connectivity index (χ2n) is 4.12. The fourth-order valence-corrected chi connectivity index (χ4v) is 1.93. The van der Waals surface area contributed by atoms with E-state index in [4.69, 9.17) is 5.21 Å². The van der Waals surface area contributed by atoms with Gasteiger partial charge in [0, 0.05) is 33.6 Å². The minimum Gasteiger partial charge on any atom is -0.288 e. The molecule has 0 saturated heterocycles. The van der Waals surface area contributed by atoms with Gasteiger partial charge in [-0.1, -0.05) is 6.07 Å². The van der Waals surface area contributed by atoms with Crippen molar-refractivity contribution in [1.29, 1.82) is 0 Å². The number of nitrogens with zero attached hydrogens (tertiary/aromatic N) is 2. The van der Waals surface area contributed by atoms with Crippen LogP contribution in [-0.4, -0.2) is 28.2 Å². The summed E-state index contributed by atoms with van der Waals surface area (Å²) in [5.41, 5.74) is 5.02. The van der Waals surface area contributed by atoms with Crippen LogP contribution in [-0.2, 0) is 0 Å². The van der Waals surface area contributed by atoms with E-state index in [1.807, 2.05) is 0 Å². The van der Waals surface area contributed by atoms with E-state index in [1.54, 1.807) is 18.5 Å². The minimum atomic E-state index is -0.695. The van der Waals surface area contributed by atoms with Crippen LogP contribution in [0, 0.1) is 0 Å². The molecule has 2 amide bonds. The molecule has 7 nitrogen and oxygen atoms in total. The fourth-order valence-electron chi connectivity index (χ4n) is 1.58. The van der Waals surface area contributed by atoms with Gasteiger partial charge in [0.25, 0.3) is 11.8 Å². The molecule has 1 aromatic carbocycles. The molecule has 0 bridgehead atoms. The Morgan fingerprint density at radius 2 is 1.95 bits per heavy atom. The molecule has 0 unspecified atom stereocenters. The van der Waals surface area contributed by atoms with Gasteiger partial charge < -0.3 is 0 Å². The number of amides is 2. The smallest absolute Gasteiger partial charge is 0.274 e. The molecule has 0 atom stereocenters. The van der Waals surface area contributed by atoms with E-state index in [0.717, 1.165) is 10.0 Å². The lowest BCUT2D eigenvalue weighted by Gasteiger charge is -2.03. The van der Waals surface area contributed by atoms with Gasteiger partial charge in [0.2, 0.25) is 0 Å². The molecule has 0 fully saturated rings. The number of pyridine rings is 1. The Morgan fingerprint density at radius 3 is 2.64 bits per heavy atom. The summed E-state index contributed by atoms with van der Waals surface area (Å²) in [7, 11) is 0. The summed E-state index contributed by atoms with van der Waals surface area (Å²) in [6.07, 6.45) is 4.68. The monoisotopic (exact) mass is 362 g/mol. The van der Waals surface area contributed by atoms with Gasteiger partial charge in [0.15, 0.2) is 0 Å². The van der Waals surface area contributed by atoms with Gasteiger partial charge >= 0.3 is 0 Å². The van der Waals surface area contributed by atoms with Gasteiger partial charge in [0.05, 0.1) is 6.21 Å². The van der Waals surface area contributed by atoms with Crippen molar-refractivity contribution in [3.8, 4) is 0 Å². The zero-order valence-corrected chi connectivity index (χ0v) is 12.7. The van der Waals surface area contributed by atoms with Gasteiger partial charge in [-0.3, -0.25) is 19.8 Å². The van der Waals surface area contributed by atoms with E-state index in [2.05, 4.69) is 31.4 Å². The normalized spacial score (nSPS) is 10.5. The standard InChI is InChI=1S/C14H11BrN4O3/c15-12-8-16-5-4-11(12)7-17-18-13(20)9-2-1-3-10(6-9)14(21)19-22/h1-8,22H,(H,18,20)(H,19,21)/b17-7+. The summed E-state index contributed by atoms with van der Waals surface area (Å²) in [5.74, 6) is -1.17. The molecule has 1 heterocycles. The molecule has 0 aliphatic carbocycles. The average Bonchev–Trinajstić information content (AvgIpc) is 2.56. The maximum atomic E-state index is 11.9. The number of hydroxylamine groups is 1. The topological polar surface area (TPSA) is 104 Å². The molecule has 8 heteroatoms. The first-order chi connectivity index (χ1) is 10.6. The van der Waals surface area contributed by atoms with Crippen LogP contribution in [0.4, 0.5) is 0 Å². The van der Waals surface area contributed by atoms with E-state index in [0.29, 0.717) is 0 Å². The molecular weight excluding hydrogens is 352 g/mol. The Balaban J connectivity index is 2.07. The zero-order valence-electron chi connectivity index (χ0n) is 11.2. The third kappa shape index (κ3) is 3.96. The predicted molar refractivity (Wildman–Crippen MR) is 82.7 cm³/mol. The number of hydrogen-bond donors (Lipinski definition) is 3. The highest BCUT2D eigenvalue weighted by atomic mass is 79.9. The number of nitrogens with one attached hydrogen (secondary N) is 2. The Labute approximate surface area is 134 Å².